The van der Waals surface area contributed by atoms with Gasteiger partial charge in [-0.2, -0.15) is 10.5 Å². The Bertz CT molecular complexity index is 3050. The van der Waals surface area contributed by atoms with Crippen molar-refractivity contribution in [3.8, 4) is 29.2 Å². The van der Waals surface area contributed by atoms with E-state index in [1.807, 2.05) is 42.5 Å². The highest BCUT2D eigenvalue weighted by Crippen LogP contribution is 2.47. The van der Waals surface area contributed by atoms with Gasteiger partial charge >= 0.3 is 0 Å². The van der Waals surface area contributed by atoms with Crippen LogP contribution in [-0.4, -0.2) is 13.7 Å². The molecule has 0 fully saturated rings. The molecule has 0 atom stereocenters. The summed E-state index contributed by atoms with van der Waals surface area (Å²) in [5.74, 6) is 0. The number of nitriles is 2. The third-order valence-electron chi connectivity index (χ3n) is 9.84. The van der Waals surface area contributed by atoms with Crippen LogP contribution in [0.25, 0.3) is 82.5 Å². The van der Waals surface area contributed by atoms with Gasteiger partial charge in [-0.1, -0.05) is 84.9 Å². The lowest BCUT2D eigenvalue weighted by molar-refractivity contribution is 1.17. The minimum Gasteiger partial charge on any atom is -0.309 e. The molecular formula is C44H25N5. The first kappa shape index (κ1) is 27.1. The van der Waals surface area contributed by atoms with Gasteiger partial charge in [-0.3, -0.25) is 0 Å². The molecule has 3 heterocycles. The van der Waals surface area contributed by atoms with Gasteiger partial charge in [-0.15, -0.1) is 0 Å². The lowest BCUT2D eigenvalue weighted by Crippen LogP contribution is -1.97. The Kier molecular flexibility index (Phi) is 5.64. The number of rotatable bonds is 3. The van der Waals surface area contributed by atoms with E-state index in [0.29, 0.717) is 11.1 Å². The van der Waals surface area contributed by atoms with E-state index >= 15 is 0 Å². The Hall–Kier alpha value is -7.08. The molecule has 0 N–H and O–H groups in total. The van der Waals surface area contributed by atoms with E-state index in [1.54, 1.807) is 0 Å². The minimum atomic E-state index is 0.615. The number of aromatic nitrogens is 3. The van der Waals surface area contributed by atoms with Crippen molar-refractivity contribution in [2.45, 2.75) is 0 Å². The lowest BCUT2D eigenvalue weighted by atomic mass is 10.0. The van der Waals surface area contributed by atoms with Gasteiger partial charge in [0.15, 0.2) is 0 Å². The average molecular weight is 624 g/mol. The molecule has 5 nitrogen and oxygen atoms in total. The van der Waals surface area contributed by atoms with Crippen molar-refractivity contribution in [1.29, 1.82) is 10.5 Å². The van der Waals surface area contributed by atoms with E-state index in [0.717, 1.165) is 82.5 Å². The number of para-hydroxylation sites is 4. The highest BCUT2D eigenvalue weighted by molar-refractivity contribution is 6.32. The predicted molar refractivity (Wildman–Crippen MR) is 199 cm³/mol. The van der Waals surface area contributed by atoms with E-state index in [-0.39, 0.29) is 0 Å². The van der Waals surface area contributed by atoms with E-state index < -0.39 is 0 Å². The zero-order chi connectivity index (χ0) is 32.6. The predicted octanol–water partition coefficient (Wildman–Crippen LogP) is 10.7. The Morgan fingerprint density at radius 1 is 0.367 bits per heavy atom. The number of fused-ring (bicyclic) bond motifs is 11. The molecule has 5 heteroatoms. The normalized spacial score (nSPS) is 11.6. The first-order chi connectivity index (χ1) is 24.3. The lowest BCUT2D eigenvalue weighted by Gasteiger charge is -2.12. The second-order valence-corrected chi connectivity index (χ2v) is 12.4. The molecule has 226 valence electrons. The monoisotopic (exact) mass is 623 g/mol. The molecule has 0 saturated heterocycles. The molecule has 0 aliphatic rings. The third kappa shape index (κ3) is 3.67. The SMILES string of the molecule is N#Cc1cccc(-n2c3ccccc3c3c2ccc2c4cc(C#N)c5c(c6ccccc6n5-c5ccccc5)c4n(-c4ccccc4)c23)c1. The minimum absolute atomic E-state index is 0.615. The first-order valence-corrected chi connectivity index (χ1v) is 16.2. The Balaban J connectivity index is 1.49. The molecule has 49 heavy (non-hydrogen) atoms. The molecule has 0 saturated carbocycles. The topological polar surface area (TPSA) is 62.4 Å². The van der Waals surface area contributed by atoms with Crippen molar-refractivity contribution >= 4 is 65.4 Å². The van der Waals surface area contributed by atoms with Gasteiger partial charge in [-0.25, -0.2) is 0 Å². The standard InChI is InChI=1S/C44H25N5/c45-26-28-12-11-17-32(24-28)47-37-20-9-7-18-34(37)40-39(47)23-22-33-36-25-29(27-46)42-41(44(36)49(43(33)40)31-15-5-2-6-16-31)35-19-8-10-21-38(35)48(42)30-13-3-1-4-14-30/h1-25H. The van der Waals surface area contributed by atoms with Gasteiger partial charge in [0.2, 0.25) is 0 Å². The number of hydrogen-bond acceptors (Lipinski definition) is 2. The van der Waals surface area contributed by atoms with Crippen LogP contribution in [0.1, 0.15) is 11.1 Å². The molecule has 3 aromatic heterocycles. The second-order valence-electron chi connectivity index (χ2n) is 12.4. The zero-order valence-electron chi connectivity index (χ0n) is 26.2. The van der Waals surface area contributed by atoms with E-state index in [9.17, 15) is 10.5 Å². The maximum atomic E-state index is 10.8. The maximum absolute atomic E-state index is 10.8. The van der Waals surface area contributed by atoms with Gasteiger partial charge in [0.1, 0.15) is 6.07 Å². The molecule has 0 bridgehead atoms. The van der Waals surface area contributed by atoms with Gasteiger partial charge < -0.3 is 13.7 Å². The van der Waals surface area contributed by atoms with Crippen molar-refractivity contribution < 1.29 is 0 Å². The Labute approximate surface area is 280 Å². The van der Waals surface area contributed by atoms with Crippen molar-refractivity contribution in [2.24, 2.45) is 0 Å². The summed E-state index contributed by atoms with van der Waals surface area (Å²) < 4.78 is 6.90. The van der Waals surface area contributed by atoms with Crippen molar-refractivity contribution in [3.05, 3.63) is 163 Å². The third-order valence-corrected chi connectivity index (χ3v) is 9.84. The van der Waals surface area contributed by atoms with E-state index in [1.165, 1.54) is 0 Å². The molecule has 0 aliphatic carbocycles. The summed E-state index contributed by atoms with van der Waals surface area (Å²) >= 11 is 0. The van der Waals surface area contributed by atoms with Crippen LogP contribution in [0.2, 0.25) is 0 Å². The van der Waals surface area contributed by atoms with Crippen LogP contribution in [0.3, 0.4) is 0 Å². The fourth-order valence-corrected chi connectivity index (χ4v) is 7.95. The smallest absolute Gasteiger partial charge is 0.101 e. The molecule has 0 unspecified atom stereocenters. The molecule has 10 rings (SSSR count). The van der Waals surface area contributed by atoms with Crippen LogP contribution >= 0.6 is 0 Å². The highest BCUT2D eigenvalue weighted by Gasteiger charge is 2.26. The molecule has 0 amide bonds. The van der Waals surface area contributed by atoms with E-state index in [2.05, 4.69) is 135 Å². The summed E-state index contributed by atoms with van der Waals surface area (Å²) in [6, 6.07) is 57.0. The van der Waals surface area contributed by atoms with Gasteiger partial charge in [0.25, 0.3) is 0 Å². The van der Waals surface area contributed by atoms with Gasteiger partial charge in [0.05, 0.1) is 50.3 Å². The Morgan fingerprint density at radius 3 is 1.65 bits per heavy atom. The second kappa shape index (κ2) is 10.2. The van der Waals surface area contributed by atoms with Crippen LogP contribution < -0.4 is 0 Å². The summed E-state index contributed by atoms with van der Waals surface area (Å²) in [6.07, 6.45) is 0. The summed E-state index contributed by atoms with van der Waals surface area (Å²) in [5.41, 5.74) is 10.4. The molecule has 0 aliphatic heterocycles. The number of benzene rings is 7. The average Bonchev–Trinajstić information content (AvgIpc) is 3.81. The van der Waals surface area contributed by atoms with Crippen LogP contribution in [-0.2, 0) is 0 Å². The van der Waals surface area contributed by atoms with Crippen molar-refractivity contribution in [3.63, 3.8) is 0 Å². The number of hydrogen-bond donors (Lipinski definition) is 0. The molecule has 7 aromatic carbocycles. The van der Waals surface area contributed by atoms with Crippen LogP contribution in [0.4, 0.5) is 0 Å². The highest BCUT2D eigenvalue weighted by atomic mass is 15.0. The zero-order valence-corrected chi connectivity index (χ0v) is 26.2. The molecule has 10 aromatic rings. The first-order valence-electron chi connectivity index (χ1n) is 16.2. The fraction of sp³-hybridized carbons (Fsp3) is 0. The van der Waals surface area contributed by atoms with Crippen LogP contribution in [0, 0.1) is 22.7 Å². The van der Waals surface area contributed by atoms with Crippen molar-refractivity contribution in [1.82, 2.24) is 13.7 Å². The largest absolute Gasteiger partial charge is 0.309 e. The molecule has 0 spiro atoms. The van der Waals surface area contributed by atoms with Gasteiger partial charge in [-0.05, 0) is 66.7 Å². The summed E-state index contributed by atoms with van der Waals surface area (Å²) in [4.78, 5) is 0. The summed E-state index contributed by atoms with van der Waals surface area (Å²) in [6.45, 7) is 0. The quantitative estimate of drug-likeness (QED) is 0.197. The number of nitrogens with zero attached hydrogens (tertiary/aromatic N) is 5. The summed E-state index contributed by atoms with van der Waals surface area (Å²) in [5, 5.41) is 27.0. The summed E-state index contributed by atoms with van der Waals surface area (Å²) in [7, 11) is 0. The van der Waals surface area contributed by atoms with Crippen molar-refractivity contribution in [2.75, 3.05) is 0 Å². The van der Waals surface area contributed by atoms with E-state index in [4.69, 9.17) is 0 Å². The van der Waals surface area contributed by atoms with Gasteiger partial charge in [0, 0.05) is 49.4 Å². The molecule has 0 radical (unpaired) electrons. The van der Waals surface area contributed by atoms with Crippen LogP contribution in [0.15, 0.2) is 152 Å². The fourth-order valence-electron chi connectivity index (χ4n) is 7.95. The Morgan fingerprint density at radius 2 is 0.959 bits per heavy atom. The maximum Gasteiger partial charge on any atom is 0.101 e. The van der Waals surface area contributed by atoms with Crippen LogP contribution in [0.5, 0.6) is 0 Å². The molecular weight excluding hydrogens is 599 g/mol.